The molecule has 5 nitrogen and oxygen atoms in total. The highest BCUT2D eigenvalue weighted by Gasteiger charge is 2.24. The van der Waals surface area contributed by atoms with E-state index in [0.29, 0.717) is 0 Å². The Morgan fingerprint density at radius 2 is 2.18 bits per heavy atom. The molecule has 1 rings (SSSR count). The van der Waals surface area contributed by atoms with E-state index in [1.807, 2.05) is 0 Å². The number of carbonyl (C=O) groups excluding carboxylic acids is 1. The zero-order valence-corrected chi connectivity index (χ0v) is 9.26. The highest BCUT2D eigenvalue weighted by atomic mass is 19.1. The summed E-state index contributed by atoms with van der Waals surface area (Å²) >= 11 is 0. The number of anilines is 1. The number of halogens is 1. The van der Waals surface area contributed by atoms with Gasteiger partial charge in [0.15, 0.2) is 0 Å². The summed E-state index contributed by atoms with van der Waals surface area (Å²) in [5.74, 6) is -1.42. The second-order valence-corrected chi connectivity index (χ2v) is 3.57. The summed E-state index contributed by atoms with van der Waals surface area (Å²) in [5, 5.41) is 19.2. The van der Waals surface area contributed by atoms with E-state index < -0.39 is 30.4 Å². The van der Waals surface area contributed by atoms with Gasteiger partial charge in [0.2, 0.25) is 0 Å². The van der Waals surface area contributed by atoms with Crippen LogP contribution in [0, 0.1) is 5.82 Å². The van der Waals surface area contributed by atoms with Gasteiger partial charge in [0.05, 0.1) is 19.6 Å². The molecule has 0 aliphatic heterocycles. The van der Waals surface area contributed by atoms with E-state index in [0.717, 1.165) is 13.2 Å². The Morgan fingerprint density at radius 3 is 2.71 bits per heavy atom. The molecule has 0 fully saturated rings. The number of esters is 1. The molecule has 0 aromatic heterocycles. The predicted molar refractivity (Wildman–Crippen MR) is 58.4 cm³/mol. The maximum Gasteiger partial charge on any atom is 0.308 e. The van der Waals surface area contributed by atoms with Crippen molar-refractivity contribution in [2.24, 2.45) is 0 Å². The topological polar surface area (TPSA) is 92.8 Å². The molecular formula is C11H14FNO4. The summed E-state index contributed by atoms with van der Waals surface area (Å²) in [7, 11) is 1.16. The third kappa shape index (κ3) is 3.40. The maximum atomic E-state index is 13.4. The van der Waals surface area contributed by atoms with Crippen LogP contribution in [0.1, 0.15) is 18.1 Å². The van der Waals surface area contributed by atoms with Gasteiger partial charge in [-0.2, -0.15) is 0 Å². The van der Waals surface area contributed by atoms with Crippen LogP contribution < -0.4 is 5.73 Å². The van der Waals surface area contributed by atoms with Crippen LogP contribution in [0.15, 0.2) is 18.2 Å². The van der Waals surface area contributed by atoms with Gasteiger partial charge in [0.1, 0.15) is 11.9 Å². The summed E-state index contributed by atoms with van der Waals surface area (Å²) in [5.41, 5.74) is 5.44. The number of rotatable bonds is 4. The molecule has 4 N–H and O–H groups in total. The number of aliphatic hydroxyl groups is 2. The third-order valence-electron chi connectivity index (χ3n) is 2.31. The van der Waals surface area contributed by atoms with Gasteiger partial charge in [-0.05, 0) is 12.1 Å². The van der Waals surface area contributed by atoms with Crippen molar-refractivity contribution in [1.29, 1.82) is 0 Å². The van der Waals surface area contributed by atoms with Crippen LogP contribution in [0.25, 0.3) is 0 Å². The number of benzene rings is 1. The third-order valence-corrected chi connectivity index (χ3v) is 2.31. The number of nitrogens with two attached hydrogens (primary N) is 1. The van der Waals surface area contributed by atoms with Crippen molar-refractivity contribution in [3.8, 4) is 0 Å². The average Bonchev–Trinajstić information content (AvgIpc) is 2.28. The van der Waals surface area contributed by atoms with Crippen LogP contribution >= 0.6 is 0 Å². The quantitative estimate of drug-likeness (QED) is 0.524. The minimum atomic E-state index is -1.50. The molecule has 0 amide bonds. The van der Waals surface area contributed by atoms with E-state index in [9.17, 15) is 19.4 Å². The highest BCUT2D eigenvalue weighted by Crippen LogP contribution is 2.23. The lowest BCUT2D eigenvalue weighted by atomic mass is 10.0. The lowest BCUT2D eigenvalue weighted by Gasteiger charge is -2.17. The van der Waals surface area contributed by atoms with Crippen LogP contribution in [0.5, 0.6) is 0 Å². The van der Waals surface area contributed by atoms with E-state index >= 15 is 0 Å². The van der Waals surface area contributed by atoms with Crippen molar-refractivity contribution in [2.45, 2.75) is 18.6 Å². The maximum absolute atomic E-state index is 13.4. The number of ether oxygens (including phenoxy) is 1. The summed E-state index contributed by atoms with van der Waals surface area (Å²) < 4.78 is 17.7. The second-order valence-electron chi connectivity index (χ2n) is 3.57. The summed E-state index contributed by atoms with van der Waals surface area (Å²) in [4.78, 5) is 10.9. The van der Waals surface area contributed by atoms with Crippen LogP contribution in [0.2, 0.25) is 0 Å². The zero-order chi connectivity index (χ0) is 13.0. The fourth-order valence-corrected chi connectivity index (χ4v) is 1.36. The second kappa shape index (κ2) is 5.60. The Morgan fingerprint density at radius 1 is 1.53 bits per heavy atom. The van der Waals surface area contributed by atoms with Gasteiger partial charge < -0.3 is 20.7 Å². The zero-order valence-electron chi connectivity index (χ0n) is 9.26. The van der Waals surface area contributed by atoms with Crippen molar-refractivity contribution in [3.05, 3.63) is 29.6 Å². The van der Waals surface area contributed by atoms with E-state index in [-0.39, 0.29) is 11.3 Å². The summed E-state index contributed by atoms with van der Waals surface area (Å²) in [6.45, 7) is 0. The Labute approximate surface area is 97.6 Å². The molecule has 1 aromatic carbocycles. The first-order valence-electron chi connectivity index (χ1n) is 4.93. The van der Waals surface area contributed by atoms with Crippen molar-refractivity contribution < 1.29 is 24.1 Å². The van der Waals surface area contributed by atoms with E-state index in [4.69, 9.17) is 5.73 Å². The van der Waals surface area contributed by atoms with Gasteiger partial charge in [-0.1, -0.05) is 6.07 Å². The first-order valence-corrected chi connectivity index (χ1v) is 4.93. The smallest absolute Gasteiger partial charge is 0.308 e. The van der Waals surface area contributed by atoms with Crippen LogP contribution in [0.4, 0.5) is 10.1 Å². The summed E-state index contributed by atoms with van der Waals surface area (Å²) in [6, 6.07) is 3.69. The van der Waals surface area contributed by atoms with Gasteiger partial charge in [-0.25, -0.2) is 4.39 Å². The first kappa shape index (κ1) is 13.4. The average molecular weight is 243 g/mol. The van der Waals surface area contributed by atoms with Gasteiger partial charge >= 0.3 is 5.97 Å². The van der Waals surface area contributed by atoms with Crippen molar-refractivity contribution in [1.82, 2.24) is 0 Å². The van der Waals surface area contributed by atoms with Crippen LogP contribution in [-0.2, 0) is 9.53 Å². The molecule has 0 saturated carbocycles. The van der Waals surface area contributed by atoms with Crippen molar-refractivity contribution >= 4 is 11.7 Å². The van der Waals surface area contributed by atoms with Gasteiger partial charge in [0, 0.05) is 11.3 Å². The molecule has 17 heavy (non-hydrogen) atoms. The Kier molecular flexibility index (Phi) is 4.42. The minimum Gasteiger partial charge on any atom is -0.469 e. The van der Waals surface area contributed by atoms with Gasteiger partial charge in [-0.15, -0.1) is 0 Å². The molecule has 94 valence electrons. The van der Waals surface area contributed by atoms with Crippen LogP contribution in [0.3, 0.4) is 0 Å². The Hall–Kier alpha value is -1.66. The van der Waals surface area contributed by atoms with Gasteiger partial charge in [-0.3, -0.25) is 4.79 Å². The fourth-order valence-electron chi connectivity index (χ4n) is 1.36. The molecule has 0 radical (unpaired) electrons. The molecular weight excluding hydrogens is 229 g/mol. The number of hydrogen-bond donors (Lipinski definition) is 3. The molecule has 2 unspecified atom stereocenters. The van der Waals surface area contributed by atoms with Crippen molar-refractivity contribution in [2.75, 3.05) is 12.8 Å². The predicted octanol–water partition coefficient (Wildman–Crippen LogP) is 0.365. The van der Waals surface area contributed by atoms with Crippen molar-refractivity contribution in [3.63, 3.8) is 0 Å². The fraction of sp³-hybridized carbons (Fsp3) is 0.364. The lowest BCUT2D eigenvalue weighted by Crippen LogP contribution is -2.23. The van der Waals surface area contributed by atoms with E-state index in [1.54, 1.807) is 0 Å². The molecule has 1 aromatic rings. The van der Waals surface area contributed by atoms with Gasteiger partial charge in [0.25, 0.3) is 0 Å². The highest BCUT2D eigenvalue weighted by molar-refractivity contribution is 5.69. The number of nitrogen functional groups attached to an aromatic ring is 1. The standard InChI is InChI=1S/C11H14FNO4/c1-17-10(15)5-9(14)11(16)7-3-2-6(13)4-8(7)12/h2-4,9,11,14,16H,5,13H2,1H3. The molecule has 0 aliphatic rings. The molecule has 0 bridgehead atoms. The Balaban J connectivity index is 2.81. The minimum absolute atomic E-state index is 0.115. The first-order chi connectivity index (χ1) is 7.95. The van der Waals surface area contributed by atoms with Crippen LogP contribution in [-0.4, -0.2) is 29.4 Å². The number of aliphatic hydroxyl groups excluding tert-OH is 2. The summed E-state index contributed by atoms with van der Waals surface area (Å²) in [6.07, 6.45) is -3.35. The monoisotopic (exact) mass is 243 g/mol. The normalized spacial score (nSPS) is 14.1. The molecule has 0 saturated heterocycles. The van der Waals surface area contributed by atoms with E-state index in [2.05, 4.69) is 4.74 Å². The van der Waals surface area contributed by atoms with E-state index in [1.165, 1.54) is 12.1 Å². The largest absolute Gasteiger partial charge is 0.469 e. The molecule has 0 aliphatic carbocycles. The number of hydrogen-bond acceptors (Lipinski definition) is 5. The lowest BCUT2D eigenvalue weighted by molar-refractivity contribution is -0.144. The molecule has 0 heterocycles. The SMILES string of the molecule is COC(=O)CC(O)C(O)c1ccc(N)cc1F. The number of carbonyl (C=O) groups is 1. The molecule has 2 atom stereocenters. The number of methoxy groups -OCH3 is 1. The molecule has 0 spiro atoms. The Bertz CT molecular complexity index is 410. The molecule has 6 heteroatoms.